The molecule has 0 aliphatic heterocycles. The Morgan fingerprint density at radius 1 is 0.882 bits per heavy atom. The Morgan fingerprint density at radius 2 is 1.62 bits per heavy atom. The second kappa shape index (κ2) is 9.77. The number of ether oxygens (including phenoxy) is 1. The van der Waals surface area contributed by atoms with Crippen LogP contribution in [0, 0.1) is 0 Å². The fraction of sp³-hybridized carbons (Fsp3) is 0.143. The van der Waals surface area contributed by atoms with E-state index in [2.05, 4.69) is 51.2 Å². The molecular formula is C28H27N5O. The van der Waals surface area contributed by atoms with Crippen LogP contribution in [0.25, 0.3) is 28.2 Å². The number of hydrogen-bond donors (Lipinski definition) is 2. The molecule has 0 amide bonds. The molecule has 0 bridgehead atoms. The van der Waals surface area contributed by atoms with E-state index >= 15 is 0 Å². The van der Waals surface area contributed by atoms with E-state index < -0.39 is 0 Å². The second-order valence-corrected chi connectivity index (χ2v) is 7.94. The van der Waals surface area contributed by atoms with Gasteiger partial charge in [-0.15, -0.1) is 0 Å². The van der Waals surface area contributed by atoms with E-state index in [1.165, 1.54) is 5.56 Å². The third kappa shape index (κ3) is 4.23. The van der Waals surface area contributed by atoms with Gasteiger partial charge < -0.3 is 15.4 Å². The van der Waals surface area contributed by atoms with Crippen molar-refractivity contribution in [2.75, 3.05) is 18.9 Å². The maximum absolute atomic E-state index is 5.98. The van der Waals surface area contributed by atoms with Gasteiger partial charge in [0, 0.05) is 36.6 Å². The standard InChI is InChI=1S/C28H27N5O/c1-3-30-27-26-25(20-13-15-23(16-14-20)34-22-10-5-4-6-11-22)32-28(33(26)18-17-31-27)24-12-8-7-9-21(24)19-29-2/h4-18,29H,3,19H2,1-2H3,(H,30,31). The third-order valence-corrected chi connectivity index (χ3v) is 5.63. The average Bonchev–Trinajstić information content (AvgIpc) is 3.26. The van der Waals surface area contributed by atoms with Gasteiger partial charge in [0.2, 0.25) is 0 Å². The van der Waals surface area contributed by atoms with Gasteiger partial charge in [-0.3, -0.25) is 4.40 Å². The van der Waals surface area contributed by atoms with Gasteiger partial charge in [-0.25, -0.2) is 9.97 Å². The minimum absolute atomic E-state index is 0.761. The van der Waals surface area contributed by atoms with Crippen LogP contribution in [0.4, 0.5) is 5.82 Å². The molecular weight excluding hydrogens is 422 g/mol. The Morgan fingerprint density at radius 3 is 2.38 bits per heavy atom. The maximum Gasteiger partial charge on any atom is 0.152 e. The minimum atomic E-state index is 0.761. The van der Waals surface area contributed by atoms with Crippen molar-refractivity contribution in [1.82, 2.24) is 19.7 Å². The van der Waals surface area contributed by atoms with Gasteiger partial charge in [0.1, 0.15) is 28.5 Å². The molecule has 2 aromatic heterocycles. The largest absolute Gasteiger partial charge is 0.457 e. The number of rotatable bonds is 8. The highest BCUT2D eigenvalue weighted by Gasteiger charge is 2.19. The molecule has 0 atom stereocenters. The number of fused-ring (bicyclic) bond motifs is 1. The Labute approximate surface area is 199 Å². The first-order valence-corrected chi connectivity index (χ1v) is 11.5. The molecule has 6 heteroatoms. The number of imidazole rings is 1. The van der Waals surface area contributed by atoms with Crippen LogP contribution in [0.5, 0.6) is 11.5 Å². The van der Waals surface area contributed by atoms with Crippen molar-refractivity contribution in [1.29, 1.82) is 0 Å². The number of nitrogens with zero attached hydrogens (tertiary/aromatic N) is 3. The molecule has 0 aliphatic carbocycles. The zero-order chi connectivity index (χ0) is 23.3. The van der Waals surface area contributed by atoms with Crippen molar-refractivity contribution in [2.24, 2.45) is 0 Å². The molecule has 0 spiro atoms. The topological polar surface area (TPSA) is 63.5 Å². The van der Waals surface area contributed by atoms with Crippen LogP contribution in [0.15, 0.2) is 91.3 Å². The van der Waals surface area contributed by atoms with Crippen LogP contribution >= 0.6 is 0 Å². The normalized spacial score (nSPS) is 11.0. The fourth-order valence-corrected chi connectivity index (χ4v) is 4.12. The monoisotopic (exact) mass is 449 g/mol. The molecule has 170 valence electrons. The smallest absolute Gasteiger partial charge is 0.152 e. The SMILES string of the molecule is CCNc1nccn2c(-c3ccccc3CNC)nc(-c3ccc(Oc4ccccc4)cc3)c12. The van der Waals surface area contributed by atoms with Gasteiger partial charge in [0.25, 0.3) is 0 Å². The van der Waals surface area contributed by atoms with Crippen LogP contribution < -0.4 is 15.4 Å². The molecule has 3 aromatic carbocycles. The molecule has 0 aliphatic rings. The minimum Gasteiger partial charge on any atom is -0.457 e. The van der Waals surface area contributed by atoms with Gasteiger partial charge in [0.15, 0.2) is 5.82 Å². The summed E-state index contributed by atoms with van der Waals surface area (Å²) in [6, 6.07) is 26.2. The van der Waals surface area contributed by atoms with E-state index in [-0.39, 0.29) is 0 Å². The summed E-state index contributed by atoms with van der Waals surface area (Å²) in [5, 5.41) is 6.66. The van der Waals surface area contributed by atoms with Gasteiger partial charge in [-0.2, -0.15) is 0 Å². The summed E-state index contributed by atoms with van der Waals surface area (Å²) < 4.78 is 8.11. The molecule has 5 rings (SSSR count). The van der Waals surface area contributed by atoms with Crippen LogP contribution in [0.3, 0.4) is 0 Å². The lowest BCUT2D eigenvalue weighted by Crippen LogP contribution is -2.07. The number of benzene rings is 3. The van der Waals surface area contributed by atoms with Crippen LogP contribution in [0.1, 0.15) is 12.5 Å². The summed E-state index contributed by atoms with van der Waals surface area (Å²) in [5.41, 5.74) is 5.12. The highest BCUT2D eigenvalue weighted by atomic mass is 16.5. The van der Waals surface area contributed by atoms with Gasteiger partial charge in [0.05, 0.1) is 0 Å². The lowest BCUT2D eigenvalue weighted by molar-refractivity contribution is 0.483. The summed E-state index contributed by atoms with van der Waals surface area (Å²) >= 11 is 0. The molecule has 6 nitrogen and oxygen atoms in total. The average molecular weight is 450 g/mol. The van der Waals surface area contributed by atoms with Crippen LogP contribution in [0.2, 0.25) is 0 Å². The summed E-state index contributed by atoms with van der Waals surface area (Å²) in [5.74, 6) is 3.30. The van der Waals surface area contributed by atoms with Gasteiger partial charge in [-0.1, -0.05) is 42.5 Å². The Kier molecular flexibility index (Phi) is 6.23. The summed E-state index contributed by atoms with van der Waals surface area (Å²) in [4.78, 5) is 9.76. The first kappa shape index (κ1) is 21.7. The van der Waals surface area contributed by atoms with Crippen molar-refractivity contribution < 1.29 is 4.74 Å². The number of nitrogens with one attached hydrogen (secondary N) is 2. The van der Waals surface area contributed by atoms with Crippen molar-refractivity contribution in [3.63, 3.8) is 0 Å². The Bertz CT molecular complexity index is 1390. The first-order chi connectivity index (χ1) is 16.8. The summed E-state index contributed by atoms with van der Waals surface area (Å²) in [6.07, 6.45) is 3.79. The van der Waals surface area contributed by atoms with E-state index in [0.717, 1.165) is 58.6 Å². The number of para-hydroxylation sites is 1. The predicted octanol–water partition coefficient (Wildman–Crippen LogP) is 6.01. The third-order valence-electron chi connectivity index (χ3n) is 5.63. The van der Waals surface area contributed by atoms with Crippen molar-refractivity contribution in [3.8, 4) is 34.1 Å². The van der Waals surface area contributed by atoms with E-state index in [1.54, 1.807) is 0 Å². The maximum atomic E-state index is 5.98. The zero-order valence-electron chi connectivity index (χ0n) is 19.3. The van der Waals surface area contributed by atoms with Crippen LogP contribution in [-0.2, 0) is 6.54 Å². The highest BCUT2D eigenvalue weighted by Crippen LogP contribution is 2.35. The molecule has 0 radical (unpaired) electrons. The van der Waals surface area contributed by atoms with Crippen LogP contribution in [-0.4, -0.2) is 28.0 Å². The van der Waals surface area contributed by atoms with Crippen molar-refractivity contribution in [2.45, 2.75) is 13.5 Å². The zero-order valence-corrected chi connectivity index (χ0v) is 19.3. The van der Waals surface area contributed by atoms with Gasteiger partial charge in [-0.05, 0) is 55.9 Å². The van der Waals surface area contributed by atoms with E-state index in [9.17, 15) is 0 Å². The molecule has 34 heavy (non-hydrogen) atoms. The summed E-state index contributed by atoms with van der Waals surface area (Å²) in [7, 11) is 1.96. The molecule has 0 fully saturated rings. The van der Waals surface area contributed by atoms with Crippen molar-refractivity contribution in [3.05, 3.63) is 96.8 Å². The summed E-state index contributed by atoms with van der Waals surface area (Å²) in [6.45, 7) is 3.60. The van der Waals surface area contributed by atoms with E-state index in [1.807, 2.05) is 74.0 Å². The quantitative estimate of drug-likeness (QED) is 0.304. The number of aromatic nitrogens is 3. The molecule has 0 saturated heterocycles. The predicted molar refractivity (Wildman–Crippen MR) is 137 cm³/mol. The lowest BCUT2D eigenvalue weighted by atomic mass is 10.1. The molecule has 0 saturated carbocycles. The first-order valence-electron chi connectivity index (χ1n) is 11.5. The molecule has 2 heterocycles. The molecule has 5 aromatic rings. The van der Waals surface area contributed by atoms with Crippen molar-refractivity contribution >= 4 is 11.3 Å². The fourth-order valence-electron chi connectivity index (χ4n) is 4.12. The number of hydrogen-bond acceptors (Lipinski definition) is 5. The van der Waals surface area contributed by atoms with Gasteiger partial charge >= 0.3 is 0 Å². The molecule has 0 unspecified atom stereocenters. The Balaban J connectivity index is 1.62. The Hall–Kier alpha value is -4.16. The van der Waals surface area contributed by atoms with E-state index in [4.69, 9.17) is 9.72 Å². The molecule has 2 N–H and O–H groups in total. The highest BCUT2D eigenvalue weighted by molar-refractivity contribution is 5.89. The van der Waals surface area contributed by atoms with E-state index in [0.29, 0.717) is 0 Å². The lowest BCUT2D eigenvalue weighted by Gasteiger charge is -2.10. The number of anilines is 1. The second-order valence-electron chi connectivity index (χ2n) is 7.94.